The highest BCUT2D eigenvalue weighted by Crippen LogP contribution is 2.26. The van der Waals surface area contributed by atoms with Crippen LogP contribution < -0.4 is 0 Å². The molecule has 3 aromatic heterocycles. The Kier molecular flexibility index (Phi) is 5.00. The van der Waals surface area contributed by atoms with Gasteiger partial charge in [0.2, 0.25) is 5.91 Å². The summed E-state index contributed by atoms with van der Waals surface area (Å²) in [5.41, 5.74) is 2.21. The molecular formula is C20H24N6O. The van der Waals surface area contributed by atoms with Crippen LogP contribution in [-0.4, -0.2) is 48.2 Å². The van der Waals surface area contributed by atoms with Crippen molar-refractivity contribution in [2.24, 2.45) is 0 Å². The zero-order chi connectivity index (χ0) is 18.6. The standard InChI is InChI=1S/C20H24N6O/c1-16-10-23-26(12-16)15-19(27)24-8-3-5-18(14-24)20-22-7-9-25(20)13-17-4-2-6-21-11-17/h2,4,6-7,9-12,18H,3,5,8,13-15H2,1H3/t18-/m1/s1. The smallest absolute Gasteiger partial charge is 0.244 e. The van der Waals surface area contributed by atoms with Crippen LogP contribution in [-0.2, 0) is 17.9 Å². The molecule has 1 aliphatic heterocycles. The van der Waals surface area contributed by atoms with Crippen LogP contribution in [0, 0.1) is 6.92 Å². The van der Waals surface area contributed by atoms with Crippen molar-refractivity contribution in [3.05, 3.63) is 66.3 Å². The van der Waals surface area contributed by atoms with E-state index in [4.69, 9.17) is 0 Å². The highest BCUT2D eigenvalue weighted by molar-refractivity contribution is 5.76. The van der Waals surface area contributed by atoms with Crippen molar-refractivity contribution in [2.45, 2.75) is 38.8 Å². The van der Waals surface area contributed by atoms with E-state index in [9.17, 15) is 4.79 Å². The van der Waals surface area contributed by atoms with Crippen LogP contribution in [0.5, 0.6) is 0 Å². The zero-order valence-electron chi connectivity index (χ0n) is 15.5. The monoisotopic (exact) mass is 364 g/mol. The normalized spacial score (nSPS) is 17.2. The molecule has 7 heteroatoms. The Morgan fingerprint density at radius 3 is 3.00 bits per heavy atom. The number of rotatable bonds is 5. The molecule has 1 atom stereocenters. The Morgan fingerprint density at radius 2 is 2.22 bits per heavy atom. The highest BCUT2D eigenvalue weighted by Gasteiger charge is 2.27. The molecule has 0 radical (unpaired) electrons. The summed E-state index contributed by atoms with van der Waals surface area (Å²) >= 11 is 0. The van der Waals surface area contributed by atoms with Crippen molar-refractivity contribution < 1.29 is 4.79 Å². The lowest BCUT2D eigenvalue weighted by atomic mass is 9.97. The number of imidazole rings is 1. The first-order valence-electron chi connectivity index (χ1n) is 9.36. The van der Waals surface area contributed by atoms with Crippen LogP contribution in [0.15, 0.2) is 49.3 Å². The molecule has 1 saturated heterocycles. The van der Waals surface area contributed by atoms with Gasteiger partial charge >= 0.3 is 0 Å². The molecule has 4 heterocycles. The van der Waals surface area contributed by atoms with Crippen LogP contribution in [0.1, 0.15) is 35.7 Å². The first kappa shape index (κ1) is 17.5. The minimum absolute atomic E-state index is 0.119. The van der Waals surface area contributed by atoms with Gasteiger partial charge in [-0.25, -0.2) is 4.98 Å². The lowest BCUT2D eigenvalue weighted by Gasteiger charge is -2.32. The topological polar surface area (TPSA) is 68.8 Å². The SMILES string of the molecule is Cc1cnn(CC(=O)N2CCC[C@@H](c3nccn3Cc3cccnc3)C2)c1. The predicted molar refractivity (Wildman–Crippen MR) is 101 cm³/mol. The van der Waals surface area contributed by atoms with Crippen LogP contribution in [0.4, 0.5) is 0 Å². The van der Waals surface area contributed by atoms with E-state index in [1.165, 1.54) is 0 Å². The summed E-state index contributed by atoms with van der Waals surface area (Å²) in [6.07, 6.45) is 13.2. The third-order valence-corrected chi connectivity index (χ3v) is 5.02. The van der Waals surface area contributed by atoms with E-state index in [0.29, 0.717) is 13.1 Å². The molecule has 0 aliphatic carbocycles. The molecule has 140 valence electrons. The van der Waals surface area contributed by atoms with Crippen molar-refractivity contribution >= 4 is 5.91 Å². The number of carbonyl (C=O) groups excluding carboxylic acids is 1. The summed E-state index contributed by atoms with van der Waals surface area (Å²) in [5.74, 6) is 1.42. The van der Waals surface area contributed by atoms with Crippen LogP contribution in [0.2, 0.25) is 0 Å². The van der Waals surface area contributed by atoms with Gasteiger partial charge in [-0.1, -0.05) is 6.07 Å². The van der Waals surface area contributed by atoms with Gasteiger partial charge < -0.3 is 9.47 Å². The Morgan fingerprint density at radius 1 is 1.30 bits per heavy atom. The van der Waals surface area contributed by atoms with Crippen molar-refractivity contribution in [1.82, 2.24) is 29.2 Å². The van der Waals surface area contributed by atoms with E-state index in [0.717, 1.165) is 42.9 Å². The molecule has 27 heavy (non-hydrogen) atoms. The van der Waals surface area contributed by atoms with Gasteiger partial charge in [0.05, 0.1) is 12.7 Å². The second-order valence-electron chi connectivity index (χ2n) is 7.17. The maximum absolute atomic E-state index is 12.7. The number of nitrogens with zero attached hydrogens (tertiary/aromatic N) is 6. The Balaban J connectivity index is 1.44. The summed E-state index contributed by atoms with van der Waals surface area (Å²) in [6, 6.07) is 4.02. The predicted octanol–water partition coefficient (Wildman–Crippen LogP) is 2.24. The van der Waals surface area contributed by atoms with Crippen LogP contribution in [0.25, 0.3) is 0 Å². The second kappa shape index (κ2) is 7.73. The summed E-state index contributed by atoms with van der Waals surface area (Å²) in [6.45, 7) is 4.54. The number of pyridine rings is 1. The lowest BCUT2D eigenvalue weighted by molar-refractivity contribution is -0.133. The van der Waals surface area contributed by atoms with E-state index in [-0.39, 0.29) is 11.8 Å². The molecule has 1 fully saturated rings. The van der Waals surface area contributed by atoms with Crippen LogP contribution >= 0.6 is 0 Å². The molecule has 0 bridgehead atoms. The van der Waals surface area contributed by atoms with Crippen molar-refractivity contribution in [3.63, 3.8) is 0 Å². The number of likely N-dealkylation sites (tertiary alicyclic amines) is 1. The Bertz CT molecular complexity index is 900. The van der Waals surface area contributed by atoms with Crippen molar-refractivity contribution in [3.8, 4) is 0 Å². The van der Waals surface area contributed by atoms with E-state index < -0.39 is 0 Å². The fourth-order valence-electron chi connectivity index (χ4n) is 3.71. The van der Waals surface area contributed by atoms with Gasteiger partial charge in [-0.3, -0.25) is 14.5 Å². The van der Waals surface area contributed by atoms with Gasteiger partial charge in [-0.2, -0.15) is 5.10 Å². The van der Waals surface area contributed by atoms with E-state index in [1.54, 1.807) is 17.1 Å². The molecule has 0 aromatic carbocycles. The van der Waals surface area contributed by atoms with Gasteiger partial charge in [0, 0.05) is 50.0 Å². The first-order chi connectivity index (χ1) is 13.2. The maximum Gasteiger partial charge on any atom is 0.244 e. The minimum Gasteiger partial charge on any atom is -0.340 e. The molecule has 0 N–H and O–H groups in total. The van der Waals surface area contributed by atoms with Crippen molar-refractivity contribution in [2.75, 3.05) is 13.1 Å². The van der Waals surface area contributed by atoms with Crippen molar-refractivity contribution in [1.29, 1.82) is 0 Å². The zero-order valence-corrected chi connectivity index (χ0v) is 15.5. The summed E-state index contributed by atoms with van der Waals surface area (Å²) in [5, 5.41) is 4.23. The highest BCUT2D eigenvalue weighted by atomic mass is 16.2. The number of hydrogen-bond acceptors (Lipinski definition) is 4. The minimum atomic E-state index is 0.119. The number of amides is 1. The van der Waals surface area contributed by atoms with Gasteiger partial charge in [0.1, 0.15) is 12.4 Å². The molecule has 4 rings (SSSR count). The van der Waals surface area contributed by atoms with Gasteiger partial charge in [0.25, 0.3) is 0 Å². The molecule has 3 aromatic rings. The van der Waals surface area contributed by atoms with Gasteiger partial charge in [-0.05, 0) is 37.0 Å². The fraction of sp³-hybridized carbons (Fsp3) is 0.400. The molecule has 0 saturated carbocycles. The van der Waals surface area contributed by atoms with Crippen LogP contribution in [0.3, 0.4) is 0 Å². The number of carbonyl (C=O) groups is 1. The summed E-state index contributed by atoms with van der Waals surface area (Å²) in [7, 11) is 0. The number of piperidine rings is 1. The quantitative estimate of drug-likeness (QED) is 0.696. The van der Waals surface area contributed by atoms with Gasteiger partial charge in [-0.15, -0.1) is 0 Å². The fourth-order valence-corrected chi connectivity index (χ4v) is 3.71. The third kappa shape index (κ3) is 4.07. The second-order valence-corrected chi connectivity index (χ2v) is 7.17. The van der Waals surface area contributed by atoms with E-state index >= 15 is 0 Å². The number of aromatic nitrogens is 5. The Hall–Kier alpha value is -2.96. The molecular weight excluding hydrogens is 340 g/mol. The molecule has 0 unspecified atom stereocenters. The molecule has 1 aliphatic rings. The number of hydrogen-bond donors (Lipinski definition) is 0. The summed E-state index contributed by atoms with van der Waals surface area (Å²) in [4.78, 5) is 23.4. The first-order valence-corrected chi connectivity index (χ1v) is 9.36. The third-order valence-electron chi connectivity index (χ3n) is 5.02. The van der Waals surface area contributed by atoms with Gasteiger partial charge in [0.15, 0.2) is 0 Å². The molecule has 7 nitrogen and oxygen atoms in total. The molecule has 0 spiro atoms. The largest absolute Gasteiger partial charge is 0.340 e. The lowest BCUT2D eigenvalue weighted by Crippen LogP contribution is -2.41. The maximum atomic E-state index is 12.7. The summed E-state index contributed by atoms with van der Waals surface area (Å²) < 4.78 is 3.89. The van der Waals surface area contributed by atoms with E-state index in [1.807, 2.05) is 42.7 Å². The van der Waals surface area contributed by atoms with E-state index in [2.05, 4.69) is 25.7 Å². The Labute approximate surface area is 158 Å². The number of aryl methyl sites for hydroxylation is 1. The average molecular weight is 364 g/mol. The average Bonchev–Trinajstić information content (AvgIpc) is 3.31. The molecule has 1 amide bonds.